The topological polar surface area (TPSA) is 76.7 Å². The van der Waals surface area contributed by atoms with Crippen LogP contribution in [0, 0.1) is 6.92 Å². The molecular formula is C17H15Cl2N5S. The fraction of sp³-hybridized carbons (Fsp3) is 0.118. The van der Waals surface area contributed by atoms with Gasteiger partial charge in [-0.2, -0.15) is 15.0 Å². The molecule has 3 rings (SSSR count). The molecule has 0 aliphatic carbocycles. The molecule has 5 nitrogen and oxygen atoms in total. The minimum Gasteiger partial charge on any atom is -0.368 e. The molecule has 3 N–H and O–H groups in total. The fourth-order valence-corrected chi connectivity index (χ4v) is 3.62. The maximum Gasteiger partial charge on any atom is 0.232 e. The predicted molar refractivity (Wildman–Crippen MR) is 105 cm³/mol. The average Bonchev–Trinajstić information content (AvgIpc) is 2.56. The number of hydrogen-bond acceptors (Lipinski definition) is 6. The van der Waals surface area contributed by atoms with Gasteiger partial charge in [-0.15, -0.1) is 11.8 Å². The zero-order valence-corrected chi connectivity index (χ0v) is 15.7. The highest BCUT2D eigenvalue weighted by Gasteiger charge is 2.10. The van der Waals surface area contributed by atoms with Gasteiger partial charge in [0.05, 0.1) is 15.8 Å². The van der Waals surface area contributed by atoms with Crippen molar-refractivity contribution in [3.8, 4) is 0 Å². The number of anilines is 3. The molecule has 0 saturated carbocycles. The quantitative estimate of drug-likeness (QED) is 0.588. The maximum absolute atomic E-state index is 6.18. The highest BCUT2D eigenvalue weighted by molar-refractivity contribution is 7.98. The minimum atomic E-state index is 0.158. The molecule has 8 heteroatoms. The number of rotatable bonds is 5. The van der Waals surface area contributed by atoms with E-state index in [4.69, 9.17) is 28.9 Å². The fourth-order valence-electron chi connectivity index (χ4n) is 2.08. The summed E-state index contributed by atoms with van der Waals surface area (Å²) in [6.45, 7) is 2.03. The predicted octanol–water partition coefficient (Wildman–Crippen LogP) is 5.10. The molecule has 1 aromatic heterocycles. The Bertz CT molecular complexity index is 866. The maximum atomic E-state index is 6.18. The molecule has 128 valence electrons. The summed E-state index contributed by atoms with van der Waals surface area (Å²) in [6.07, 6.45) is 0. The zero-order chi connectivity index (χ0) is 17.8. The molecule has 0 aliphatic rings. The summed E-state index contributed by atoms with van der Waals surface area (Å²) in [5.74, 6) is 1.57. The Morgan fingerprint density at radius 1 is 1.00 bits per heavy atom. The SMILES string of the molecule is Cc1ccc(Nc2nc(N)nc(CSc3c(Cl)cccc3Cl)n2)cc1. The largest absolute Gasteiger partial charge is 0.368 e. The van der Waals surface area contributed by atoms with Crippen LogP contribution >= 0.6 is 35.0 Å². The number of halogens is 2. The average molecular weight is 392 g/mol. The Morgan fingerprint density at radius 2 is 1.68 bits per heavy atom. The Kier molecular flexibility index (Phi) is 5.63. The van der Waals surface area contributed by atoms with Crippen molar-refractivity contribution in [2.75, 3.05) is 11.1 Å². The molecule has 0 unspecified atom stereocenters. The monoisotopic (exact) mass is 391 g/mol. The zero-order valence-electron chi connectivity index (χ0n) is 13.3. The first kappa shape index (κ1) is 17.8. The third-order valence-corrected chi connectivity index (χ3v) is 5.26. The van der Waals surface area contributed by atoms with Gasteiger partial charge in [-0.25, -0.2) is 0 Å². The number of thioether (sulfide) groups is 1. The molecule has 0 atom stereocenters. The molecule has 0 saturated heterocycles. The van der Waals surface area contributed by atoms with Gasteiger partial charge in [0.2, 0.25) is 11.9 Å². The van der Waals surface area contributed by atoms with Crippen molar-refractivity contribution in [3.05, 3.63) is 63.9 Å². The number of nitrogens with two attached hydrogens (primary N) is 1. The van der Waals surface area contributed by atoms with Crippen LogP contribution in [0.25, 0.3) is 0 Å². The normalized spacial score (nSPS) is 10.7. The van der Waals surface area contributed by atoms with Gasteiger partial charge >= 0.3 is 0 Å². The van der Waals surface area contributed by atoms with E-state index >= 15 is 0 Å². The van der Waals surface area contributed by atoms with Crippen LogP contribution in [0.1, 0.15) is 11.4 Å². The Balaban J connectivity index is 1.76. The summed E-state index contributed by atoms with van der Waals surface area (Å²) >= 11 is 13.8. The number of nitrogens with zero attached hydrogens (tertiary/aromatic N) is 3. The number of nitrogens with one attached hydrogen (secondary N) is 1. The number of hydrogen-bond donors (Lipinski definition) is 2. The van der Waals surface area contributed by atoms with Crippen LogP contribution in [0.15, 0.2) is 47.4 Å². The Morgan fingerprint density at radius 3 is 2.36 bits per heavy atom. The van der Waals surface area contributed by atoms with Crippen molar-refractivity contribution in [3.63, 3.8) is 0 Å². The van der Waals surface area contributed by atoms with Crippen LogP contribution in [-0.4, -0.2) is 15.0 Å². The van der Waals surface area contributed by atoms with E-state index in [1.807, 2.05) is 31.2 Å². The van der Waals surface area contributed by atoms with E-state index in [1.165, 1.54) is 17.3 Å². The molecule has 1 heterocycles. The van der Waals surface area contributed by atoms with Crippen LogP contribution in [0.2, 0.25) is 10.0 Å². The second-order valence-corrected chi connectivity index (χ2v) is 7.06. The lowest BCUT2D eigenvalue weighted by molar-refractivity contribution is 0.982. The summed E-state index contributed by atoms with van der Waals surface area (Å²) in [6, 6.07) is 13.3. The molecule has 0 radical (unpaired) electrons. The third-order valence-electron chi connectivity index (χ3n) is 3.27. The van der Waals surface area contributed by atoms with Gasteiger partial charge < -0.3 is 11.1 Å². The number of nitrogen functional groups attached to an aromatic ring is 1. The van der Waals surface area contributed by atoms with Crippen molar-refractivity contribution in [2.24, 2.45) is 0 Å². The van der Waals surface area contributed by atoms with Crippen molar-refractivity contribution in [1.29, 1.82) is 0 Å². The standard InChI is InChI=1S/C17H15Cl2N5S/c1-10-5-7-11(8-6-10)21-17-23-14(22-16(20)24-17)9-25-15-12(18)3-2-4-13(15)19/h2-8H,9H2,1H3,(H3,20,21,22,23,24). The van der Waals surface area contributed by atoms with E-state index in [0.717, 1.165) is 10.6 Å². The van der Waals surface area contributed by atoms with Crippen molar-refractivity contribution in [2.45, 2.75) is 17.6 Å². The second kappa shape index (κ2) is 7.91. The van der Waals surface area contributed by atoms with Gasteiger partial charge in [-0.05, 0) is 31.2 Å². The minimum absolute atomic E-state index is 0.158. The van der Waals surface area contributed by atoms with Gasteiger partial charge in [0.1, 0.15) is 5.82 Å². The molecule has 0 amide bonds. The summed E-state index contributed by atoms with van der Waals surface area (Å²) in [7, 11) is 0. The highest BCUT2D eigenvalue weighted by Crippen LogP contribution is 2.35. The number of aryl methyl sites for hydroxylation is 1. The van der Waals surface area contributed by atoms with Crippen LogP contribution in [-0.2, 0) is 5.75 Å². The van der Waals surface area contributed by atoms with Gasteiger partial charge in [-0.3, -0.25) is 0 Å². The van der Waals surface area contributed by atoms with E-state index < -0.39 is 0 Å². The van der Waals surface area contributed by atoms with Crippen molar-refractivity contribution >= 4 is 52.5 Å². The molecule has 0 aliphatic heterocycles. The summed E-state index contributed by atoms with van der Waals surface area (Å²) < 4.78 is 0. The van der Waals surface area contributed by atoms with Crippen LogP contribution < -0.4 is 11.1 Å². The van der Waals surface area contributed by atoms with Crippen LogP contribution in [0.3, 0.4) is 0 Å². The molecule has 2 aromatic carbocycles. The van der Waals surface area contributed by atoms with Gasteiger partial charge in [0, 0.05) is 10.6 Å². The first-order valence-corrected chi connectivity index (χ1v) is 9.16. The van der Waals surface area contributed by atoms with Crippen LogP contribution in [0.5, 0.6) is 0 Å². The smallest absolute Gasteiger partial charge is 0.232 e. The first-order valence-electron chi connectivity index (χ1n) is 7.42. The third kappa shape index (κ3) is 4.75. The Labute approximate surface area is 160 Å². The second-order valence-electron chi connectivity index (χ2n) is 5.26. The highest BCUT2D eigenvalue weighted by atomic mass is 35.5. The van der Waals surface area contributed by atoms with E-state index in [2.05, 4.69) is 20.3 Å². The van der Waals surface area contributed by atoms with Gasteiger partial charge in [0.15, 0.2) is 0 Å². The molecule has 3 aromatic rings. The summed E-state index contributed by atoms with van der Waals surface area (Å²) in [5.41, 5.74) is 7.86. The molecule has 0 spiro atoms. The van der Waals surface area contributed by atoms with Crippen molar-refractivity contribution in [1.82, 2.24) is 15.0 Å². The van der Waals surface area contributed by atoms with Gasteiger partial charge in [-0.1, -0.05) is 47.0 Å². The molecule has 25 heavy (non-hydrogen) atoms. The number of benzene rings is 2. The van der Waals surface area contributed by atoms with E-state index in [0.29, 0.717) is 27.6 Å². The molecule has 0 bridgehead atoms. The lowest BCUT2D eigenvalue weighted by Crippen LogP contribution is -2.06. The van der Waals surface area contributed by atoms with Crippen LogP contribution in [0.4, 0.5) is 17.6 Å². The lowest BCUT2D eigenvalue weighted by atomic mass is 10.2. The lowest BCUT2D eigenvalue weighted by Gasteiger charge is -2.09. The summed E-state index contributed by atoms with van der Waals surface area (Å²) in [5, 5.41) is 4.32. The molecular weight excluding hydrogens is 377 g/mol. The van der Waals surface area contributed by atoms with E-state index in [9.17, 15) is 0 Å². The molecule has 0 fully saturated rings. The van der Waals surface area contributed by atoms with E-state index in [-0.39, 0.29) is 5.95 Å². The van der Waals surface area contributed by atoms with Crippen molar-refractivity contribution < 1.29 is 0 Å². The van der Waals surface area contributed by atoms with E-state index in [1.54, 1.807) is 18.2 Å². The first-order chi connectivity index (χ1) is 12.0. The number of aromatic nitrogens is 3. The van der Waals surface area contributed by atoms with Gasteiger partial charge in [0.25, 0.3) is 0 Å². The Hall–Kier alpha value is -2.02. The summed E-state index contributed by atoms with van der Waals surface area (Å²) in [4.78, 5) is 13.5.